The summed E-state index contributed by atoms with van der Waals surface area (Å²) >= 11 is 0. The Hall–Kier alpha value is -2.43. The zero-order valence-corrected chi connectivity index (χ0v) is 14.7. The van der Waals surface area contributed by atoms with E-state index in [2.05, 4.69) is 29.6 Å². The van der Waals surface area contributed by atoms with Crippen LogP contribution >= 0.6 is 0 Å². The van der Waals surface area contributed by atoms with Crippen molar-refractivity contribution in [3.8, 4) is 0 Å². The van der Waals surface area contributed by atoms with Crippen LogP contribution in [0.2, 0.25) is 0 Å². The number of benzene rings is 2. The Kier molecular flexibility index (Phi) is 5.99. The van der Waals surface area contributed by atoms with Crippen molar-refractivity contribution in [3.63, 3.8) is 0 Å². The molecule has 2 aromatic carbocycles. The van der Waals surface area contributed by atoms with E-state index in [-0.39, 0.29) is 6.04 Å². The molecule has 1 aliphatic rings. The lowest BCUT2D eigenvalue weighted by atomic mass is 9.94. The second-order valence-electron chi connectivity index (χ2n) is 5.99. The fraction of sp³-hybridized carbons (Fsp3) is 0.190. The quantitative estimate of drug-likeness (QED) is 0.810. The third-order valence-electron chi connectivity index (χ3n) is 4.24. The highest BCUT2D eigenvalue weighted by molar-refractivity contribution is 7.73. The van der Waals surface area contributed by atoms with Crippen molar-refractivity contribution >= 4 is 15.2 Å². The lowest BCUT2D eigenvalue weighted by Gasteiger charge is -2.22. The predicted molar refractivity (Wildman–Crippen MR) is 103 cm³/mol. The van der Waals surface area contributed by atoms with Crippen molar-refractivity contribution in [2.75, 3.05) is 6.54 Å². The summed E-state index contributed by atoms with van der Waals surface area (Å²) in [5.41, 5.74) is 3.39. The van der Waals surface area contributed by atoms with Gasteiger partial charge in [0, 0.05) is 13.0 Å². The van der Waals surface area contributed by atoms with E-state index in [4.69, 9.17) is 0 Å². The zero-order chi connectivity index (χ0) is 17.5. The maximum Gasteiger partial charge on any atom is 0.217 e. The minimum Gasteiger partial charge on any atom is -0.306 e. The maximum absolute atomic E-state index is 11.3. The van der Waals surface area contributed by atoms with Crippen LogP contribution in [0, 0.1) is 0 Å². The minimum absolute atomic E-state index is 0.0278. The molecule has 0 heterocycles. The molecule has 0 radical (unpaired) electrons. The highest BCUT2D eigenvalue weighted by Gasteiger charge is 2.17. The second-order valence-corrected chi connectivity index (χ2v) is 6.98. The standard InChI is InChI=1S/C21H21NO2S/c23-25(24)20-13-7-12-19(16-20)21(18-10-5-2-6-11-18)22-15-14-17-8-3-1-4-9-17/h1-12,16,21-22H,13-15H2. The molecule has 1 atom stereocenters. The van der Waals surface area contributed by atoms with Crippen molar-refractivity contribution in [2.45, 2.75) is 18.9 Å². The Labute approximate surface area is 150 Å². The van der Waals surface area contributed by atoms with Gasteiger partial charge in [-0.2, -0.15) is 8.42 Å². The molecule has 0 bridgehead atoms. The summed E-state index contributed by atoms with van der Waals surface area (Å²) in [6.45, 7) is 0.810. The van der Waals surface area contributed by atoms with Gasteiger partial charge in [0.25, 0.3) is 0 Å². The SMILES string of the molecule is O=S(=O)=C1C=C(C(NCCc2ccccc2)c2ccccc2)C=CC1. The molecule has 1 aliphatic carbocycles. The van der Waals surface area contributed by atoms with Crippen LogP contribution in [-0.2, 0) is 16.7 Å². The Morgan fingerprint density at radius 1 is 0.960 bits per heavy atom. The summed E-state index contributed by atoms with van der Waals surface area (Å²) in [5.74, 6) is 0. The molecule has 0 aromatic heterocycles. The van der Waals surface area contributed by atoms with E-state index in [0.717, 1.165) is 24.1 Å². The normalized spacial score (nSPS) is 14.9. The average molecular weight is 351 g/mol. The molecule has 2 aromatic rings. The van der Waals surface area contributed by atoms with Gasteiger partial charge in [0.15, 0.2) is 0 Å². The smallest absolute Gasteiger partial charge is 0.217 e. The van der Waals surface area contributed by atoms with Crippen LogP contribution < -0.4 is 5.32 Å². The summed E-state index contributed by atoms with van der Waals surface area (Å²) in [7, 11) is -2.17. The molecule has 0 amide bonds. The van der Waals surface area contributed by atoms with Gasteiger partial charge in [-0.15, -0.1) is 0 Å². The first kappa shape index (κ1) is 17.4. The molecule has 1 unspecified atom stereocenters. The number of hydrogen-bond acceptors (Lipinski definition) is 3. The van der Waals surface area contributed by atoms with Gasteiger partial charge in [-0.05, 0) is 29.2 Å². The molecule has 0 saturated heterocycles. The van der Waals surface area contributed by atoms with Crippen molar-refractivity contribution in [2.24, 2.45) is 0 Å². The van der Waals surface area contributed by atoms with Crippen LogP contribution in [-0.4, -0.2) is 19.8 Å². The first-order valence-electron chi connectivity index (χ1n) is 8.39. The molecule has 0 fully saturated rings. The van der Waals surface area contributed by atoms with Crippen LogP contribution in [0.5, 0.6) is 0 Å². The topological polar surface area (TPSA) is 46.2 Å². The molecule has 3 rings (SSSR count). The van der Waals surface area contributed by atoms with Crippen molar-refractivity contribution in [1.29, 1.82) is 0 Å². The van der Waals surface area contributed by atoms with E-state index >= 15 is 0 Å². The van der Waals surface area contributed by atoms with E-state index in [9.17, 15) is 8.42 Å². The minimum atomic E-state index is -2.17. The summed E-state index contributed by atoms with van der Waals surface area (Å²) in [4.78, 5) is 0.434. The lowest BCUT2D eigenvalue weighted by Crippen LogP contribution is -2.26. The number of nitrogens with one attached hydrogen (secondary N) is 1. The largest absolute Gasteiger partial charge is 0.306 e. The van der Waals surface area contributed by atoms with Gasteiger partial charge in [-0.3, -0.25) is 0 Å². The van der Waals surface area contributed by atoms with E-state index in [1.54, 1.807) is 6.08 Å². The number of rotatable bonds is 6. The summed E-state index contributed by atoms with van der Waals surface area (Å²) in [5, 5.41) is 3.58. The molecule has 3 nitrogen and oxygen atoms in total. The van der Waals surface area contributed by atoms with Crippen molar-refractivity contribution in [3.05, 3.63) is 95.6 Å². The van der Waals surface area contributed by atoms with E-state index in [0.29, 0.717) is 11.3 Å². The van der Waals surface area contributed by atoms with Gasteiger partial charge in [0.05, 0.1) is 10.9 Å². The molecule has 25 heavy (non-hydrogen) atoms. The van der Waals surface area contributed by atoms with E-state index in [1.165, 1.54) is 5.56 Å². The first-order chi connectivity index (χ1) is 12.2. The third-order valence-corrected chi connectivity index (χ3v) is 4.95. The number of hydrogen-bond donors (Lipinski definition) is 1. The predicted octanol–water partition coefficient (Wildman–Crippen LogP) is 3.50. The van der Waals surface area contributed by atoms with Crippen LogP contribution in [0.3, 0.4) is 0 Å². The Morgan fingerprint density at radius 2 is 1.64 bits per heavy atom. The van der Waals surface area contributed by atoms with Crippen LogP contribution in [0.1, 0.15) is 23.6 Å². The Morgan fingerprint density at radius 3 is 2.32 bits per heavy atom. The van der Waals surface area contributed by atoms with Gasteiger partial charge < -0.3 is 5.32 Å². The first-order valence-corrected chi connectivity index (χ1v) is 9.47. The molecule has 1 N–H and O–H groups in total. The fourth-order valence-electron chi connectivity index (χ4n) is 2.98. The highest BCUT2D eigenvalue weighted by atomic mass is 32.2. The van der Waals surface area contributed by atoms with Crippen LogP contribution in [0.4, 0.5) is 0 Å². The van der Waals surface area contributed by atoms with Crippen molar-refractivity contribution < 1.29 is 8.42 Å². The average Bonchev–Trinajstić information content (AvgIpc) is 2.67. The van der Waals surface area contributed by atoms with E-state index in [1.807, 2.05) is 48.6 Å². The lowest BCUT2D eigenvalue weighted by molar-refractivity contribution is 0.604. The van der Waals surface area contributed by atoms with Crippen LogP contribution in [0.15, 0.2) is 84.5 Å². The molecule has 0 aliphatic heterocycles. The molecular formula is C21H21NO2S. The van der Waals surface area contributed by atoms with Gasteiger partial charge in [0.1, 0.15) is 0 Å². The highest BCUT2D eigenvalue weighted by Crippen LogP contribution is 2.25. The number of allylic oxidation sites excluding steroid dienone is 2. The third kappa shape index (κ3) is 4.78. The summed E-state index contributed by atoms with van der Waals surface area (Å²) < 4.78 is 22.6. The molecule has 128 valence electrons. The second kappa shape index (κ2) is 8.60. The van der Waals surface area contributed by atoms with Gasteiger partial charge in [0.2, 0.25) is 10.3 Å². The van der Waals surface area contributed by atoms with Crippen LogP contribution in [0.25, 0.3) is 0 Å². The Bertz CT molecular complexity index is 889. The fourth-order valence-corrected chi connectivity index (χ4v) is 3.44. The monoisotopic (exact) mass is 351 g/mol. The molecule has 4 heteroatoms. The summed E-state index contributed by atoms with van der Waals surface area (Å²) in [6, 6.07) is 20.4. The van der Waals surface area contributed by atoms with Gasteiger partial charge >= 0.3 is 0 Å². The van der Waals surface area contributed by atoms with Crippen molar-refractivity contribution in [1.82, 2.24) is 5.32 Å². The molecule has 0 saturated carbocycles. The molecular weight excluding hydrogens is 330 g/mol. The van der Waals surface area contributed by atoms with Gasteiger partial charge in [-0.1, -0.05) is 72.8 Å². The maximum atomic E-state index is 11.3. The van der Waals surface area contributed by atoms with E-state index < -0.39 is 10.3 Å². The molecule has 0 spiro atoms. The van der Waals surface area contributed by atoms with Gasteiger partial charge in [-0.25, -0.2) is 0 Å². The zero-order valence-electron chi connectivity index (χ0n) is 13.9. The Balaban J connectivity index is 1.81. The summed E-state index contributed by atoms with van der Waals surface area (Å²) in [6.07, 6.45) is 7.10.